The van der Waals surface area contributed by atoms with Gasteiger partial charge in [-0.05, 0) is 26.8 Å². The summed E-state index contributed by atoms with van der Waals surface area (Å²) in [5.41, 5.74) is 0. The second-order valence-corrected chi connectivity index (χ2v) is 3.51. The van der Waals surface area contributed by atoms with Crippen molar-refractivity contribution < 1.29 is 25.0 Å². The van der Waals surface area contributed by atoms with Gasteiger partial charge in [-0.2, -0.15) is 0 Å². The van der Waals surface area contributed by atoms with E-state index >= 15 is 0 Å². The molecular formula is C11H25N2+. The molecule has 0 saturated heterocycles. The van der Waals surface area contributed by atoms with E-state index in [2.05, 4.69) is 0 Å². The van der Waals surface area contributed by atoms with Gasteiger partial charge < -0.3 is 9.38 Å². The summed E-state index contributed by atoms with van der Waals surface area (Å²) in [7, 11) is 0. The minimum Gasteiger partial charge on any atom is -0.327 e. The smallest absolute Gasteiger partial charge is 0.104 e. The Balaban J connectivity index is 3.84. The molecule has 0 N–H and O–H groups in total. The van der Waals surface area contributed by atoms with Gasteiger partial charge in [-0.1, -0.05) is 6.42 Å². The van der Waals surface area contributed by atoms with Crippen molar-refractivity contribution in [2.24, 2.45) is 0 Å². The van der Waals surface area contributed by atoms with Crippen LogP contribution < -0.4 is 0 Å². The number of likely N-dealkylation sites (N-methyl/N-ethyl adjacent to an activating group) is 2. The molecular weight excluding hydrogens is 160 g/mol. The lowest BCUT2D eigenvalue weighted by molar-refractivity contribution is -0.899. The van der Waals surface area contributed by atoms with Crippen molar-refractivity contribution >= 4 is 0 Å². The lowest BCUT2D eigenvalue weighted by Crippen LogP contribution is -2.57. The lowest BCUT2D eigenvalue weighted by Gasteiger charge is -2.44. The normalized spacial score (nSPS) is 52.8. The van der Waals surface area contributed by atoms with Crippen LogP contribution in [0.3, 0.4) is 0 Å². The van der Waals surface area contributed by atoms with Crippen LogP contribution in [0.1, 0.15) is 46.2 Å². The molecule has 13 heavy (non-hydrogen) atoms. The highest BCUT2D eigenvalue weighted by Gasteiger charge is 2.35. The van der Waals surface area contributed by atoms with Crippen LogP contribution in [-0.2, 0) is 0 Å². The van der Waals surface area contributed by atoms with Gasteiger partial charge in [-0.15, -0.1) is 0 Å². The summed E-state index contributed by atoms with van der Waals surface area (Å²) >= 11 is 0. The Morgan fingerprint density at radius 3 is 2.46 bits per heavy atom. The molecule has 0 aromatic heterocycles. The standard InChI is InChI=1S/C11H25N2/c1-12(2)10-8-6-7-9-11(10)13(3,4)5/h10-11H,6-9H2,1-5H3/q+1/t10-,11-/m1/s1/i1D3,2D3,3D3,4D3,5D3. The van der Waals surface area contributed by atoms with Crippen LogP contribution in [0.4, 0.5) is 0 Å². The molecule has 0 amide bonds. The molecule has 2 heteroatoms. The molecule has 0 heterocycles. The van der Waals surface area contributed by atoms with Gasteiger partial charge >= 0.3 is 0 Å². The zero-order valence-electron chi connectivity index (χ0n) is 22.4. The Bertz CT molecular complexity index is 487. The minimum atomic E-state index is -3.58. The van der Waals surface area contributed by atoms with Gasteiger partial charge in [-0.3, -0.25) is 0 Å². The monoisotopic (exact) mass is 200 g/mol. The lowest BCUT2D eigenvalue weighted by atomic mass is 9.88. The first-order valence-electron chi connectivity index (χ1n) is 11.8. The van der Waals surface area contributed by atoms with Gasteiger partial charge in [0.15, 0.2) is 0 Å². The maximum atomic E-state index is 7.81. The van der Waals surface area contributed by atoms with E-state index in [4.69, 9.17) is 20.6 Å². The van der Waals surface area contributed by atoms with E-state index in [9.17, 15) is 0 Å². The Labute approximate surface area is 104 Å². The van der Waals surface area contributed by atoms with Gasteiger partial charge in [0.2, 0.25) is 0 Å². The second-order valence-electron chi connectivity index (χ2n) is 3.51. The number of hydrogen-bond donors (Lipinski definition) is 0. The summed E-state index contributed by atoms with van der Waals surface area (Å²) < 4.78 is 114. The topological polar surface area (TPSA) is 3.24 Å². The third-order valence-corrected chi connectivity index (χ3v) is 2.52. The van der Waals surface area contributed by atoms with E-state index in [0.29, 0.717) is 6.42 Å². The highest BCUT2D eigenvalue weighted by Crippen LogP contribution is 2.27. The van der Waals surface area contributed by atoms with Crippen LogP contribution >= 0.6 is 0 Å². The summed E-state index contributed by atoms with van der Waals surface area (Å²) in [6, 6.07) is -3.38. The largest absolute Gasteiger partial charge is 0.327 e. The first-order chi connectivity index (χ1) is 12.1. The number of nitrogens with zero attached hydrogens (tertiary/aromatic N) is 2. The Morgan fingerprint density at radius 1 is 1.15 bits per heavy atom. The zero-order chi connectivity index (χ0) is 22.6. The molecule has 0 bridgehead atoms. The third-order valence-electron chi connectivity index (χ3n) is 2.52. The molecule has 1 saturated carbocycles. The molecule has 1 aliphatic rings. The molecule has 1 fully saturated rings. The summed E-state index contributed by atoms with van der Waals surface area (Å²) in [4.78, 5) is 0.125. The van der Waals surface area contributed by atoms with Gasteiger partial charge in [0.1, 0.15) is 6.04 Å². The molecule has 2 nitrogen and oxygen atoms in total. The van der Waals surface area contributed by atoms with Crippen LogP contribution in [-0.4, -0.2) is 56.3 Å². The van der Waals surface area contributed by atoms with Crippen LogP contribution in [0, 0.1) is 0 Å². The van der Waals surface area contributed by atoms with Gasteiger partial charge in [0, 0.05) is 14.6 Å². The molecule has 0 spiro atoms. The fraction of sp³-hybridized carbons (Fsp3) is 1.00. The van der Waals surface area contributed by atoms with E-state index in [0.717, 1.165) is 0 Å². The zero-order valence-corrected chi connectivity index (χ0v) is 7.38. The average Bonchev–Trinajstić information content (AvgIpc) is 2.32. The van der Waals surface area contributed by atoms with E-state index in [1.807, 2.05) is 0 Å². The van der Waals surface area contributed by atoms with Crippen LogP contribution in [0.2, 0.25) is 0 Å². The first kappa shape index (κ1) is 2.35. The summed E-state index contributed by atoms with van der Waals surface area (Å²) in [6.07, 6.45) is 0.165. The van der Waals surface area contributed by atoms with Crippen LogP contribution in [0.25, 0.3) is 0 Å². The van der Waals surface area contributed by atoms with Crippen molar-refractivity contribution in [1.29, 1.82) is 0 Å². The first-order valence-corrected chi connectivity index (χ1v) is 4.28. The SMILES string of the molecule is [2H]C([2H])([2H])N([C@@H]1CCCC[C@H]1[N+](C([2H])([2H])[2H])(C([2H])([2H])[2H])C([2H])([2H])[2H])C([2H])([2H])[2H]. The minimum absolute atomic E-state index is 0.125. The molecule has 0 aromatic carbocycles. The molecule has 0 unspecified atom stereocenters. The van der Waals surface area contributed by atoms with Crippen molar-refractivity contribution in [1.82, 2.24) is 4.90 Å². The molecule has 0 aromatic rings. The Morgan fingerprint density at radius 2 is 1.85 bits per heavy atom. The molecule has 0 radical (unpaired) electrons. The van der Waals surface area contributed by atoms with E-state index in [-0.39, 0.29) is 24.2 Å². The fourth-order valence-electron chi connectivity index (χ4n) is 1.84. The van der Waals surface area contributed by atoms with Crippen LogP contribution in [0.5, 0.6) is 0 Å². The highest BCUT2D eigenvalue weighted by atomic mass is 15.3. The number of quaternary nitrogens is 1. The maximum absolute atomic E-state index is 7.81. The van der Waals surface area contributed by atoms with Crippen molar-refractivity contribution in [2.45, 2.75) is 37.8 Å². The van der Waals surface area contributed by atoms with Crippen molar-refractivity contribution in [2.75, 3.05) is 34.9 Å². The fourth-order valence-corrected chi connectivity index (χ4v) is 1.84. The Kier molecular flexibility index (Phi) is 0.719. The van der Waals surface area contributed by atoms with E-state index in [1.165, 1.54) is 0 Å². The summed E-state index contributed by atoms with van der Waals surface area (Å²) in [6.45, 7) is -17.2. The average molecular weight is 200 g/mol. The maximum Gasteiger partial charge on any atom is 0.104 e. The van der Waals surface area contributed by atoms with E-state index < -0.39 is 51.4 Å². The van der Waals surface area contributed by atoms with Gasteiger partial charge in [0.05, 0.1) is 39.3 Å². The van der Waals surface area contributed by atoms with Gasteiger partial charge in [-0.25, -0.2) is 0 Å². The van der Waals surface area contributed by atoms with Crippen molar-refractivity contribution in [3.05, 3.63) is 0 Å². The number of rotatable bonds is 2. The second kappa shape index (κ2) is 3.97. The molecule has 1 rings (SSSR count). The van der Waals surface area contributed by atoms with Crippen LogP contribution in [0.15, 0.2) is 0 Å². The van der Waals surface area contributed by atoms with Crippen molar-refractivity contribution in [3.8, 4) is 0 Å². The van der Waals surface area contributed by atoms with Crippen molar-refractivity contribution in [3.63, 3.8) is 0 Å². The Hall–Kier alpha value is -0.0800. The third kappa shape index (κ3) is 2.68. The molecule has 0 aliphatic heterocycles. The summed E-state index contributed by atoms with van der Waals surface area (Å²) in [5.74, 6) is 0. The highest BCUT2D eigenvalue weighted by molar-refractivity contribution is 4.81. The quantitative estimate of drug-likeness (QED) is 0.612. The molecule has 2 atom stereocenters. The van der Waals surface area contributed by atoms with E-state index in [1.54, 1.807) is 0 Å². The summed E-state index contributed by atoms with van der Waals surface area (Å²) in [5, 5.41) is 0. The number of hydrogen-bond acceptors (Lipinski definition) is 1. The molecule has 1 aliphatic carbocycles. The van der Waals surface area contributed by atoms with Gasteiger partial charge in [0.25, 0.3) is 0 Å². The predicted octanol–water partition coefficient (Wildman–Crippen LogP) is 1.57. The molecule has 78 valence electrons. The predicted molar refractivity (Wildman–Crippen MR) is 57.8 cm³/mol.